The van der Waals surface area contributed by atoms with Crippen molar-refractivity contribution in [2.24, 2.45) is 16.5 Å². The van der Waals surface area contributed by atoms with Crippen molar-refractivity contribution in [1.82, 2.24) is 21.3 Å². The average Bonchev–Trinajstić information content (AvgIpc) is 2.74. The first-order valence-corrected chi connectivity index (χ1v) is 10.2. The first-order chi connectivity index (χ1) is 15.2. The Kier molecular flexibility index (Phi) is 8.81. The number of nitrogens with zero attached hydrogens (tertiary/aromatic N) is 1. The highest BCUT2D eigenvalue weighted by atomic mass is 16.3. The van der Waals surface area contributed by atoms with Gasteiger partial charge in [0.2, 0.25) is 23.6 Å². The molecule has 0 radical (unpaired) electrons. The minimum Gasteiger partial charge on any atom is -0.508 e. The van der Waals surface area contributed by atoms with Gasteiger partial charge in [-0.25, -0.2) is 0 Å². The van der Waals surface area contributed by atoms with E-state index in [0.29, 0.717) is 12.0 Å². The molecule has 12 nitrogen and oxygen atoms in total. The van der Waals surface area contributed by atoms with E-state index in [1.165, 1.54) is 19.1 Å². The standard InChI is InChI=1S/C20H29N7O5/c1-11-17(30)27-15(9-12-4-6-13(28)7-5-12)19(32)26-14(3-2-8-23-20(21)22)18(31)24-10-16(29)25-11/h4-7,11,14-15,28H,2-3,8-10H2,1H3,(H,24,31)(H,25,29)(H,26,32)(H,27,30)(H4,21,22,23)/t11-,14+,15-/m0/s1. The van der Waals surface area contributed by atoms with Crippen LogP contribution >= 0.6 is 0 Å². The SMILES string of the molecule is C[C@@H]1NC(=O)CNC(=O)[C@@H](CCCN=C(N)N)NC(=O)[C@H](Cc2ccc(O)cc2)NC1=O. The second-order valence-corrected chi connectivity index (χ2v) is 7.45. The Balaban J connectivity index is 2.22. The normalized spacial score (nSPS) is 22.3. The second kappa shape index (κ2) is 11.5. The lowest BCUT2D eigenvalue weighted by Crippen LogP contribution is -2.59. The number of guanidine groups is 1. The Morgan fingerprint density at radius 3 is 2.31 bits per heavy atom. The highest BCUT2D eigenvalue weighted by Gasteiger charge is 2.29. The Morgan fingerprint density at radius 1 is 1.00 bits per heavy atom. The van der Waals surface area contributed by atoms with Crippen LogP contribution in [0.15, 0.2) is 29.3 Å². The molecular formula is C20H29N7O5. The zero-order chi connectivity index (χ0) is 23.7. The highest BCUT2D eigenvalue weighted by molar-refractivity contribution is 5.96. The Morgan fingerprint density at radius 2 is 1.66 bits per heavy atom. The molecule has 0 saturated carbocycles. The van der Waals surface area contributed by atoms with Gasteiger partial charge in [-0.05, 0) is 37.5 Å². The van der Waals surface area contributed by atoms with Crippen molar-refractivity contribution in [3.8, 4) is 5.75 Å². The van der Waals surface area contributed by atoms with Crippen LogP contribution in [0.25, 0.3) is 0 Å². The van der Waals surface area contributed by atoms with E-state index in [1.807, 2.05) is 0 Å². The molecule has 0 aromatic heterocycles. The predicted octanol–water partition coefficient (Wildman–Crippen LogP) is -2.41. The number of phenolic OH excluding ortho intramolecular Hbond substituents is 1. The van der Waals surface area contributed by atoms with Crippen molar-refractivity contribution < 1.29 is 24.3 Å². The third-order valence-corrected chi connectivity index (χ3v) is 4.78. The fraction of sp³-hybridized carbons (Fsp3) is 0.450. The Bertz CT molecular complexity index is 868. The van der Waals surface area contributed by atoms with E-state index in [4.69, 9.17) is 11.5 Å². The number of carbonyl (C=O) groups is 4. The van der Waals surface area contributed by atoms with Crippen LogP contribution in [-0.4, -0.2) is 65.9 Å². The summed E-state index contributed by atoms with van der Waals surface area (Å²) in [6.07, 6.45) is 0.724. The number of hydrogen-bond acceptors (Lipinski definition) is 6. The number of hydrogen-bond donors (Lipinski definition) is 7. The molecule has 1 aromatic rings. The largest absolute Gasteiger partial charge is 0.508 e. The summed E-state index contributed by atoms with van der Waals surface area (Å²) in [7, 11) is 0. The molecule has 174 valence electrons. The fourth-order valence-electron chi connectivity index (χ4n) is 3.07. The average molecular weight is 447 g/mol. The van der Waals surface area contributed by atoms with Gasteiger partial charge in [0.25, 0.3) is 0 Å². The maximum Gasteiger partial charge on any atom is 0.243 e. The summed E-state index contributed by atoms with van der Waals surface area (Å²) >= 11 is 0. The summed E-state index contributed by atoms with van der Waals surface area (Å²) in [5.74, 6) is -2.21. The molecule has 0 aliphatic carbocycles. The number of nitrogens with two attached hydrogens (primary N) is 2. The van der Waals surface area contributed by atoms with Gasteiger partial charge in [-0.1, -0.05) is 12.1 Å². The summed E-state index contributed by atoms with van der Waals surface area (Å²) in [6, 6.07) is 3.29. The molecule has 1 aromatic carbocycles. The Hall–Kier alpha value is -3.83. The number of nitrogens with one attached hydrogen (secondary N) is 4. The molecule has 0 spiro atoms. The predicted molar refractivity (Wildman–Crippen MR) is 116 cm³/mol. The van der Waals surface area contributed by atoms with Crippen LogP contribution in [0.5, 0.6) is 5.75 Å². The number of aromatic hydroxyl groups is 1. The van der Waals surface area contributed by atoms with Crippen molar-refractivity contribution in [3.63, 3.8) is 0 Å². The van der Waals surface area contributed by atoms with E-state index in [0.717, 1.165) is 0 Å². The van der Waals surface area contributed by atoms with Crippen LogP contribution in [0.3, 0.4) is 0 Å². The third kappa shape index (κ3) is 7.78. The molecule has 1 saturated heterocycles. The number of carbonyl (C=O) groups excluding carboxylic acids is 4. The molecule has 32 heavy (non-hydrogen) atoms. The van der Waals surface area contributed by atoms with E-state index in [9.17, 15) is 24.3 Å². The lowest BCUT2D eigenvalue weighted by molar-refractivity contribution is -0.135. The second-order valence-electron chi connectivity index (χ2n) is 7.45. The molecule has 1 heterocycles. The van der Waals surface area contributed by atoms with Crippen molar-refractivity contribution in [3.05, 3.63) is 29.8 Å². The quantitative estimate of drug-likeness (QED) is 0.143. The van der Waals surface area contributed by atoms with Crippen LogP contribution in [0.1, 0.15) is 25.3 Å². The number of benzene rings is 1. The van der Waals surface area contributed by atoms with Crippen molar-refractivity contribution in [1.29, 1.82) is 0 Å². The molecular weight excluding hydrogens is 418 g/mol. The van der Waals surface area contributed by atoms with Gasteiger partial charge in [-0.2, -0.15) is 0 Å². The van der Waals surface area contributed by atoms with E-state index in [-0.39, 0.29) is 37.6 Å². The fourth-order valence-corrected chi connectivity index (χ4v) is 3.07. The van der Waals surface area contributed by atoms with Gasteiger partial charge >= 0.3 is 0 Å². The van der Waals surface area contributed by atoms with Crippen molar-refractivity contribution in [2.45, 2.75) is 44.3 Å². The smallest absolute Gasteiger partial charge is 0.243 e. The van der Waals surface area contributed by atoms with Gasteiger partial charge in [0, 0.05) is 13.0 Å². The first-order valence-electron chi connectivity index (χ1n) is 10.2. The molecule has 1 aliphatic heterocycles. The molecule has 3 atom stereocenters. The monoisotopic (exact) mass is 447 g/mol. The van der Waals surface area contributed by atoms with E-state index < -0.39 is 41.8 Å². The van der Waals surface area contributed by atoms with Crippen LogP contribution < -0.4 is 32.7 Å². The molecule has 1 fully saturated rings. The zero-order valence-electron chi connectivity index (χ0n) is 17.8. The molecule has 4 amide bonds. The van der Waals surface area contributed by atoms with Crippen molar-refractivity contribution >= 4 is 29.6 Å². The van der Waals surface area contributed by atoms with Gasteiger partial charge in [-0.15, -0.1) is 0 Å². The van der Waals surface area contributed by atoms with Gasteiger partial charge < -0.3 is 37.8 Å². The molecule has 2 rings (SSSR count). The summed E-state index contributed by atoms with van der Waals surface area (Å²) < 4.78 is 0. The minimum absolute atomic E-state index is 0.0646. The third-order valence-electron chi connectivity index (χ3n) is 4.78. The Labute approximate surface area is 185 Å². The summed E-state index contributed by atoms with van der Waals surface area (Å²) in [5.41, 5.74) is 11.3. The number of amides is 4. The number of rotatable bonds is 6. The molecule has 12 heteroatoms. The molecule has 1 aliphatic rings. The van der Waals surface area contributed by atoms with E-state index in [1.54, 1.807) is 12.1 Å². The van der Waals surface area contributed by atoms with Crippen molar-refractivity contribution in [2.75, 3.05) is 13.1 Å². The van der Waals surface area contributed by atoms with Crippen LogP contribution in [0, 0.1) is 0 Å². The topological polar surface area (TPSA) is 201 Å². The van der Waals surface area contributed by atoms with Gasteiger partial charge in [-0.3, -0.25) is 24.2 Å². The highest BCUT2D eigenvalue weighted by Crippen LogP contribution is 2.12. The molecule has 0 unspecified atom stereocenters. The van der Waals surface area contributed by atoms with E-state index in [2.05, 4.69) is 26.3 Å². The number of phenols is 1. The lowest BCUT2D eigenvalue weighted by atomic mass is 10.0. The van der Waals surface area contributed by atoms with Crippen LogP contribution in [0.4, 0.5) is 0 Å². The van der Waals surface area contributed by atoms with Gasteiger partial charge in [0.15, 0.2) is 5.96 Å². The maximum absolute atomic E-state index is 13.0. The van der Waals surface area contributed by atoms with Crippen LogP contribution in [-0.2, 0) is 25.6 Å². The zero-order valence-corrected chi connectivity index (χ0v) is 17.8. The summed E-state index contributed by atoms with van der Waals surface area (Å²) in [6.45, 7) is 1.39. The molecule has 0 bridgehead atoms. The minimum atomic E-state index is -1.01. The summed E-state index contributed by atoms with van der Waals surface area (Å²) in [5, 5.41) is 19.7. The molecule has 9 N–H and O–H groups in total. The number of aliphatic imine (C=N–C) groups is 1. The summed E-state index contributed by atoms with van der Waals surface area (Å²) in [4.78, 5) is 54.0. The first kappa shape index (κ1) is 24.4. The van der Waals surface area contributed by atoms with Crippen LogP contribution in [0.2, 0.25) is 0 Å². The van der Waals surface area contributed by atoms with Gasteiger partial charge in [0.05, 0.1) is 6.54 Å². The maximum atomic E-state index is 13.0. The lowest BCUT2D eigenvalue weighted by Gasteiger charge is -2.26. The van der Waals surface area contributed by atoms with Gasteiger partial charge in [0.1, 0.15) is 23.9 Å². The van der Waals surface area contributed by atoms with E-state index >= 15 is 0 Å².